The van der Waals surface area contributed by atoms with Gasteiger partial charge in [-0.15, -0.1) is 13.2 Å². The summed E-state index contributed by atoms with van der Waals surface area (Å²) in [5.74, 6) is -2.63. The van der Waals surface area contributed by atoms with Crippen LogP contribution in [0.15, 0.2) is 24.3 Å². The van der Waals surface area contributed by atoms with Crippen LogP contribution in [0.3, 0.4) is 0 Å². The molecule has 2 N–H and O–H groups in total. The van der Waals surface area contributed by atoms with E-state index in [0.717, 1.165) is 12.1 Å². The maximum atomic E-state index is 12.3. The van der Waals surface area contributed by atoms with Crippen molar-refractivity contribution in [1.29, 1.82) is 0 Å². The summed E-state index contributed by atoms with van der Waals surface area (Å²) in [6.07, 6.45) is -4.80. The highest BCUT2D eigenvalue weighted by Crippen LogP contribution is 2.27. The summed E-state index contributed by atoms with van der Waals surface area (Å²) in [6.45, 7) is 1.48. The average molecular weight is 344 g/mol. The molecular formula is C15H15F3N2O4. The Bertz CT molecular complexity index is 770. The van der Waals surface area contributed by atoms with Crippen LogP contribution < -0.4 is 4.74 Å². The number of alkyl halides is 3. The van der Waals surface area contributed by atoms with Gasteiger partial charge in [0.05, 0.1) is 5.92 Å². The van der Waals surface area contributed by atoms with Crippen LogP contribution in [0.4, 0.5) is 13.2 Å². The lowest BCUT2D eigenvalue weighted by Crippen LogP contribution is -2.33. The molecule has 0 fully saturated rings. The van der Waals surface area contributed by atoms with E-state index in [0.29, 0.717) is 10.9 Å². The highest BCUT2D eigenvalue weighted by Gasteiger charge is 2.31. The fraction of sp³-hybridized carbons (Fsp3) is 0.333. The number of halogens is 3. The normalized spacial score (nSPS) is 12.9. The fourth-order valence-corrected chi connectivity index (χ4v) is 2.20. The smallest absolute Gasteiger partial charge is 0.481 e. The molecule has 1 aromatic carbocycles. The van der Waals surface area contributed by atoms with E-state index in [9.17, 15) is 22.8 Å². The van der Waals surface area contributed by atoms with Gasteiger partial charge >= 0.3 is 12.3 Å². The summed E-state index contributed by atoms with van der Waals surface area (Å²) in [7, 11) is 1.45. The number of aliphatic carboxylic acids is 1. The second-order valence-electron chi connectivity index (χ2n) is 5.40. The van der Waals surface area contributed by atoms with Crippen LogP contribution in [0.5, 0.6) is 5.75 Å². The van der Waals surface area contributed by atoms with Gasteiger partial charge in [-0.3, -0.25) is 9.59 Å². The minimum Gasteiger partial charge on any atom is -0.481 e. The Morgan fingerprint density at radius 1 is 1.33 bits per heavy atom. The van der Waals surface area contributed by atoms with Crippen molar-refractivity contribution in [2.45, 2.75) is 13.3 Å². The third-order valence-electron chi connectivity index (χ3n) is 3.37. The van der Waals surface area contributed by atoms with Crippen molar-refractivity contribution in [1.82, 2.24) is 9.88 Å². The van der Waals surface area contributed by atoms with Crippen molar-refractivity contribution >= 4 is 22.8 Å². The minimum absolute atomic E-state index is 0.00592. The number of aromatic amines is 1. The van der Waals surface area contributed by atoms with Crippen molar-refractivity contribution in [2.75, 3.05) is 13.6 Å². The number of ether oxygens (including phenoxy) is 1. The Hall–Kier alpha value is -2.71. The number of carbonyl (C=O) groups is 2. The molecule has 0 aliphatic carbocycles. The van der Waals surface area contributed by atoms with Crippen molar-refractivity contribution < 1.29 is 32.6 Å². The van der Waals surface area contributed by atoms with Crippen LogP contribution in [-0.4, -0.2) is 46.8 Å². The second kappa shape index (κ2) is 6.42. The Morgan fingerprint density at radius 3 is 2.58 bits per heavy atom. The van der Waals surface area contributed by atoms with Gasteiger partial charge in [0.1, 0.15) is 11.4 Å². The quantitative estimate of drug-likeness (QED) is 0.874. The summed E-state index contributed by atoms with van der Waals surface area (Å²) in [6, 6.07) is 5.16. The first-order valence-electron chi connectivity index (χ1n) is 6.93. The Morgan fingerprint density at radius 2 is 2.00 bits per heavy atom. The molecule has 0 spiro atoms. The molecular weight excluding hydrogens is 329 g/mol. The van der Waals surface area contributed by atoms with Crippen LogP contribution in [0.25, 0.3) is 10.9 Å². The predicted molar refractivity (Wildman–Crippen MR) is 78.7 cm³/mol. The number of hydrogen-bond donors (Lipinski definition) is 2. The molecule has 24 heavy (non-hydrogen) atoms. The number of aromatic nitrogens is 1. The van der Waals surface area contributed by atoms with Crippen molar-refractivity contribution in [3.8, 4) is 5.75 Å². The van der Waals surface area contributed by atoms with Gasteiger partial charge in [-0.25, -0.2) is 0 Å². The largest absolute Gasteiger partial charge is 0.573 e. The Labute approximate surface area is 134 Å². The Kier molecular flexibility index (Phi) is 4.72. The molecule has 9 heteroatoms. The van der Waals surface area contributed by atoms with Gasteiger partial charge in [-0.05, 0) is 18.2 Å². The number of benzene rings is 1. The molecule has 1 atom stereocenters. The number of amides is 1. The summed E-state index contributed by atoms with van der Waals surface area (Å²) in [5, 5.41) is 9.40. The van der Waals surface area contributed by atoms with E-state index in [2.05, 4.69) is 9.72 Å². The van der Waals surface area contributed by atoms with Gasteiger partial charge in [0.2, 0.25) is 0 Å². The highest BCUT2D eigenvalue weighted by molar-refractivity contribution is 5.98. The maximum Gasteiger partial charge on any atom is 0.573 e. The zero-order chi connectivity index (χ0) is 18.1. The molecule has 2 aromatic rings. The van der Waals surface area contributed by atoms with Crippen molar-refractivity contribution in [3.63, 3.8) is 0 Å². The number of carboxylic acid groups (broad SMARTS) is 1. The van der Waals surface area contributed by atoms with Crippen LogP contribution >= 0.6 is 0 Å². The fourth-order valence-electron chi connectivity index (χ4n) is 2.20. The summed E-state index contributed by atoms with van der Waals surface area (Å²) < 4.78 is 40.5. The van der Waals surface area contributed by atoms with Gasteiger partial charge < -0.3 is 19.7 Å². The molecule has 0 aliphatic rings. The molecule has 1 amide bonds. The van der Waals surface area contributed by atoms with E-state index in [1.807, 2.05) is 0 Å². The van der Waals surface area contributed by atoms with Crippen molar-refractivity contribution in [2.24, 2.45) is 5.92 Å². The lowest BCUT2D eigenvalue weighted by Gasteiger charge is -2.18. The topological polar surface area (TPSA) is 82.6 Å². The van der Waals surface area contributed by atoms with E-state index in [-0.39, 0.29) is 12.2 Å². The van der Waals surface area contributed by atoms with E-state index in [1.54, 1.807) is 0 Å². The first-order valence-corrected chi connectivity index (χ1v) is 6.93. The first-order chi connectivity index (χ1) is 11.1. The van der Waals surface area contributed by atoms with Crippen LogP contribution in [-0.2, 0) is 4.79 Å². The van der Waals surface area contributed by atoms with Gasteiger partial charge in [0, 0.05) is 30.6 Å². The molecule has 0 radical (unpaired) electrons. The zero-order valence-electron chi connectivity index (χ0n) is 12.8. The number of H-pyrrole nitrogens is 1. The standard InChI is InChI=1S/C15H15F3N2O4/c1-8(14(22)23)7-20(2)13(21)12-5-9-3-4-10(6-11(9)19-12)24-15(16,17)18/h3-6,8,19H,7H2,1-2H3,(H,22,23). The molecule has 0 saturated carbocycles. The minimum atomic E-state index is -4.80. The number of rotatable bonds is 5. The number of carboxylic acids is 1. The molecule has 1 unspecified atom stereocenters. The van der Waals surface area contributed by atoms with Crippen LogP contribution in [0.1, 0.15) is 17.4 Å². The molecule has 0 bridgehead atoms. The van der Waals surface area contributed by atoms with Gasteiger partial charge in [-0.2, -0.15) is 0 Å². The molecule has 130 valence electrons. The van der Waals surface area contributed by atoms with E-state index in [4.69, 9.17) is 5.11 Å². The third kappa shape index (κ3) is 4.18. The number of hydrogen-bond acceptors (Lipinski definition) is 3. The predicted octanol–water partition coefficient (Wildman–Crippen LogP) is 2.86. The van der Waals surface area contributed by atoms with Gasteiger partial charge in [0.25, 0.3) is 5.91 Å². The summed E-state index contributed by atoms with van der Waals surface area (Å²) in [5.41, 5.74) is 0.453. The molecule has 0 aliphatic heterocycles. The van der Waals surface area contributed by atoms with Gasteiger partial charge in [0.15, 0.2) is 0 Å². The van der Waals surface area contributed by atoms with E-state index in [1.165, 1.54) is 31.0 Å². The van der Waals surface area contributed by atoms with Gasteiger partial charge in [-0.1, -0.05) is 6.92 Å². The lowest BCUT2D eigenvalue weighted by molar-refractivity contribution is -0.274. The molecule has 6 nitrogen and oxygen atoms in total. The second-order valence-corrected chi connectivity index (χ2v) is 5.40. The highest BCUT2D eigenvalue weighted by atomic mass is 19.4. The first kappa shape index (κ1) is 17.6. The summed E-state index contributed by atoms with van der Waals surface area (Å²) >= 11 is 0. The maximum absolute atomic E-state index is 12.3. The monoisotopic (exact) mass is 344 g/mol. The molecule has 1 heterocycles. The van der Waals surface area contributed by atoms with Crippen molar-refractivity contribution in [3.05, 3.63) is 30.0 Å². The average Bonchev–Trinajstić information content (AvgIpc) is 2.87. The SMILES string of the molecule is CC(CN(C)C(=O)c1cc2ccc(OC(F)(F)F)cc2[nH]1)C(=O)O. The zero-order valence-corrected chi connectivity index (χ0v) is 12.8. The van der Waals surface area contributed by atoms with E-state index < -0.39 is 29.9 Å². The molecule has 0 saturated heterocycles. The number of fused-ring (bicyclic) bond motifs is 1. The Balaban J connectivity index is 2.20. The summed E-state index contributed by atoms with van der Waals surface area (Å²) in [4.78, 5) is 27.1. The number of nitrogens with one attached hydrogen (secondary N) is 1. The number of carbonyl (C=O) groups excluding carboxylic acids is 1. The molecule has 2 rings (SSSR count). The third-order valence-corrected chi connectivity index (χ3v) is 3.37. The van der Waals surface area contributed by atoms with Crippen LogP contribution in [0.2, 0.25) is 0 Å². The molecule has 1 aromatic heterocycles. The van der Waals surface area contributed by atoms with Crippen LogP contribution in [0, 0.1) is 5.92 Å². The van der Waals surface area contributed by atoms with E-state index >= 15 is 0 Å². The lowest BCUT2D eigenvalue weighted by atomic mass is 10.1. The number of nitrogens with zero attached hydrogens (tertiary/aromatic N) is 1.